The average Bonchev–Trinajstić information content (AvgIpc) is 2.99. The van der Waals surface area contributed by atoms with Crippen molar-refractivity contribution >= 4 is 29.4 Å². The Bertz CT molecular complexity index is 810. The first kappa shape index (κ1) is 20.2. The number of nitrogens with one attached hydrogen (secondary N) is 1. The molecule has 2 aliphatic heterocycles. The average molecular weight is 418 g/mol. The highest BCUT2D eigenvalue weighted by molar-refractivity contribution is 6.30. The van der Waals surface area contributed by atoms with Gasteiger partial charge in [0.1, 0.15) is 12.1 Å². The van der Waals surface area contributed by atoms with Crippen LogP contribution in [0.5, 0.6) is 0 Å². The first-order chi connectivity index (χ1) is 14.0. The monoisotopic (exact) mass is 417 g/mol. The van der Waals surface area contributed by atoms with E-state index in [0.29, 0.717) is 22.9 Å². The van der Waals surface area contributed by atoms with E-state index in [-0.39, 0.29) is 24.4 Å². The third-order valence-corrected chi connectivity index (χ3v) is 7.15. The molecule has 1 aromatic carbocycles. The van der Waals surface area contributed by atoms with Gasteiger partial charge in [-0.05, 0) is 55.7 Å². The SMILES string of the molecule is CCC1(c2ccc(Cl)cc2)NC(=O)N(CC(=O)N2CCCC3CCCCC32)C1=O. The molecule has 0 radical (unpaired) electrons. The number of likely N-dealkylation sites (tertiary alicyclic amines) is 1. The van der Waals surface area contributed by atoms with Crippen LogP contribution in [0.15, 0.2) is 24.3 Å². The lowest BCUT2D eigenvalue weighted by Crippen LogP contribution is -2.53. The normalized spacial score (nSPS) is 29.6. The van der Waals surface area contributed by atoms with Crippen LogP contribution in [0, 0.1) is 5.92 Å². The molecule has 1 aromatic rings. The van der Waals surface area contributed by atoms with E-state index in [2.05, 4.69) is 5.32 Å². The molecule has 1 saturated carbocycles. The molecule has 6 nitrogen and oxygen atoms in total. The Morgan fingerprint density at radius 3 is 2.55 bits per heavy atom. The number of benzene rings is 1. The number of fused-ring (bicyclic) bond motifs is 1. The van der Waals surface area contributed by atoms with Crippen molar-refractivity contribution in [2.24, 2.45) is 5.92 Å². The van der Waals surface area contributed by atoms with Gasteiger partial charge < -0.3 is 10.2 Å². The van der Waals surface area contributed by atoms with Crippen molar-refractivity contribution in [3.05, 3.63) is 34.9 Å². The lowest BCUT2D eigenvalue weighted by atomic mass is 9.78. The fourth-order valence-electron chi connectivity index (χ4n) is 5.30. The Hall–Kier alpha value is -2.08. The minimum atomic E-state index is -1.14. The quantitative estimate of drug-likeness (QED) is 0.760. The third-order valence-electron chi connectivity index (χ3n) is 6.90. The zero-order valence-corrected chi connectivity index (χ0v) is 17.6. The van der Waals surface area contributed by atoms with Crippen molar-refractivity contribution in [3.8, 4) is 0 Å². The van der Waals surface area contributed by atoms with Gasteiger partial charge in [-0.3, -0.25) is 14.5 Å². The summed E-state index contributed by atoms with van der Waals surface area (Å²) in [6.45, 7) is 2.39. The molecule has 1 aliphatic carbocycles. The van der Waals surface area contributed by atoms with Gasteiger partial charge in [-0.1, -0.05) is 43.5 Å². The van der Waals surface area contributed by atoms with Crippen LogP contribution in [0.25, 0.3) is 0 Å². The van der Waals surface area contributed by atoms with Crippen molar-refractivity contribution in [2.45, 2.75) is 63.5 Å². The summed E-state index contributed by atoms with van der Waals surface area (Å²) in [5, 5.41) is 3.41. The van der Waals surface area contributed by atoms with Gasteiger partial charge in [0.15, 0.2) is 0 Å². The van der Waals surface area contributed by atoms with E-state index >= 15 is 0 Å². The van der Waals surface area contributed by atoms with Crippen LogP contribution in [-0.2, 0) is 15.1 Å². The summed E-state index contributed by atoms with van der Waals surface area (Å²) in [4.78, 5) is 42.1. The van der Waals surface area contributed by atoms with Crippen LogP contribution in [0.2, 0.25) is 5.02 Å². The minimum Gasteiger partial charge on any atom is -0.338 e. The predicted molar refractivity (Wildman–Crippen MR) is 110 cm³/mol. The van der Waals surface area contributed by atoms with E-state index in [9.17, 15) is 14.4 Å². The van der Waals surface area contributed by atoms with Gasteiger partial charge in [0, 0.05) is 17.6 Å². The van der Waals surface area contributed by atoms with Crippen molar-refractivity contribution < 1.29 is 14.4 Å². The van der Waals surface area contributed by atoms with Gasteiger partial charge in [0.25, 0.3) is 5.91 Å². The van der Waals surface area contributed by atoms with Crippen LogP contribution in [0.3, 0.4) is 0 Å². The summed E-state index contributed by atoms with van der Waals surface area (Å²) in [6.07, 6.45) is 7.15. The number of piperidine rings is 1. The van der Waals surface area contributed by atoms with E-state index < -0.39 is 11.6 Å². The highest BCUT2D eigenvalue weighted by Crippen LogP contribution is 2.36. The topological polar surface area (TPSA) is 69.7 Å². The second-order valence-corrected chi connectivity index (χ2v) is 8.86. The van der Waals surface area contributed by atoms with Crippen molar-refractivity contribution in [1.29, 1.82) is 0 Å². The summed E-state index contributed by atoms with van der Waals surface area (Å²) in [5.74, 6) is 0.0827. The molecule has 0 aromatic heterocycles. The zero-order chi connectivity index (χ0) is 20.6. The molecule has 3 aliphatic rings. The van der Waals surface area contributed by atoms with E-state index in [1.54, 1.807) is 24.3 Å². The highest BCUT2D eigenvalue weighted by Gasteiger charge is 2.52. The van der Waals surface area contributed by atoms with Gasteiger partial charge in [-0.2, -0.15) is 0 Å². The number of hydrogen-bond acceptors (Lipinski definition) is 3. The van der Waals surface area contributed by atoms with Gasteiger partial charge in [0.05, 0.1) is 0 Å². The second kappa shape index (κ2) is 7.98. The Morgan fingerprint density at radius 1 is 1.14 bits per heavy atom. The Morgan fingerprint density at radius 2 is 1.83 bits per heavy atom. The molecule has 4 amide bonds. The standard InChI is InChI=1S/C22H28ClN3O3/c1-2-22(16-9-11-17(23)12-10-16)20(28)26(21(29)24-22)14-19(27)25-13-5-7-15-6-3-4-8-18(15)25/h9-12,15,18H,2-8,13-14H2,1H3,(H,24,29). The number of carbonyl (C=O) groups excluding carboxylic acids is 3. The van der Waals surface area contributed by atoms with Gasteiger partial charge in [-0.25, -0.2) is 4.79 Å². The van der Waals surface area contributed by atoms with Crippen molar-refractivity contribution in [3.63, 3.8) is 0 Å². The van der Waals surface area contributed by atoms with E-state index in [4.69, 9.17) is 11.6 Å². The maximum atomic E-state index is 13.3. The van der Waals surface area contributed by atoms with Crippen LogP contribution in [0.4, 0.5) is 4.79 Å². The number of imide groups is 1. The summed E-state index contributed by atoms with van der Waals surface area (Å²) < 4.78 is 0. The molecular formula is C22H28ClN3O3. The molecule has 0 bridgehead atoms. The number of carbonyl (C=O) groups is 3. The maximum Gasteiger partial charge on any atom is 0.325 e. The van der Waals surface area contributed by atoms with E-state index in [1.165, 1.54) is 19.3 Å². The first-order valence-corrected chi connectivity index (χ1v) is 11.0. The summed E-state index contributed by atoms with van der Waals surface area (Å²) in [5.41, 5.74) is -0.458. The van der Waals surface area contributed by atoms with Crippen molar-refractivity contribution in [1.82, 2.24) is 15.1 Å². The van der Waals surface area contributed by atoms with Crippen LogP contribution in [0.1, 0.15) is 57.4 Å². The molecule has 3 atom stereocenters. The number of urea groups is 1. The van der Waals surface area contributed by atoms with Crippen LogP contribution >= 0.6 is 11.6 Å². The zero-order valence-electron chi connectivity index (χ0n) is 16.8. The van der Waals surface area contributed by atoms with E-state index in [1.807, 2.05) is 11.8 Å². The molecule has 156 valence electrons. The fourth-order valence-corrected chi connectivity index (χ4v) is 5.43. The third kappa shape index (κ3) is 3.52. The summed E-state index contributed by atoms with van der Waals surface area (Å²) in [6, 6.07) is 6.69. The van der Waals surface area contributed by atoms with Gasteiger partial charge >= 0.3 is 6.03 Å². The smallest absolute Gasteiger partial charge is 0.325 e. The minimum absolute atomic E-state index is 0.117. The van der Waals surface area contributed by atoms with Crippen LogP contribution < -0.4 is 5.32 Å². The number of rotatable bonds is 4. The molecule has 3 fully saturated rings. The molecule has 7 heteroatoms. The fraction of sp³-hybridized carbons (Fsp3) is 0.591. The van der Waals surface area contributed by atoms with Gasteiger partial charge in [-0.15, -0.1) is 0 Å². The second-order valence-electron chi connectivity index (χ2n) is 8.43. The number of hydrogen-bond donors (Lipinski definition) is 1. The molecular weight excluding hydrogens is 390 g/mol. The Balaban J connectivity index is 1.53. The summed E-state index contributed by atoms with van der Waals surface area (Å²) in [7, 11) is 0. The van der Waals surface area contributed by atoms with Crippen LogP contribution in [-0.4, -0.2) is 46.8 Å². The highest BCUT2D eigenvalue weighted by atomic mass is 35.5. The Kier molecular flexibility index (Phi) is 5.56. The van der Waals surface area contributed by atoms with E-state index in [0.717, 1.165) is 30.7 Å². The molecule has 4 rings (SSSR count). The molecule has 29 heavy (non-hydrogen) atoms. The predicted octanol–water partition coefficient (Wildman–Crippen LogP) is 3.68. The molecule has 0 spiro atoms. The first-order valence-electron chi connectivity index (χ1n) is 10.7. The lowest BCUT2D eigenvalue weighted by Gasteiger charge is -2.44. The van der Waals surface area contributed by atoms with Gasteiger partial charge in [0.2, 0.25) is 5.91 Å². The summed E-state index contributed by atoms with van der Waals surface area (Å²) >= 11 is 5.98. The largest absolute Gasteiger partial charge is 0.338 e. The lowest BCUT2D eigenvalue weighted by molar-refractivity contribution is -0.143. The molecule has 2 heterocycles. The van der Waals surface area contributed by atoms with Crippen molar-refractivity contribution in [2.75, 3.05) is 13.1 Å². The number of amides is 4. The number of halogens is 1. The molecule has 3 unspecified atom stereocenters. The molecule has 2 saturated heterocycles. The number of nitrogens with zero attached hydrogens (tertiary/aromatic N) is 2. The maximum absolute atomic E-state index is 13.3. The molecule has 1 N–H and O–H groups in total. The Labute approximate surface area is 176 Å².